The molecule has 5 rings (SSSR count). The van der Waals surface area contributed by atoms with Crippen LogP contribution in [0, 0.1) is 0 Å². The Balaban J connectivity index is 1.59. The first-order chi connectivity index (χ1) is 15.1. The fraction of sp³-hybridized carbons (Fsp3) is 0.0435. The highest BCUT2D eigenvalue weighted by atomic mass is 32.2. The predicted octanol–water partition coefficient (Wildman–Crippen LogP) is 5.13. The van der Waals surface area contributed by atoms with Crippen molar-refractivity contribution < 1.29 is 9.59 Å². The van der Waals surface area contributed by atoms with Crippen LogP contribution in [0.1, 0.15) is 16.6 Å². The van der Waals surface area contributed by atoms with Crippen LogP contribution in [0.2, 0.25) is 0 Å². The maximum Gasteiger partial charge on any atom is 0.283 e. The lowest BCUT2D eigenvalue weighted by Crippen LogP contribution is -2.24. The lowest BCUT2D eigenvalue weighted by Gasteiger charge is -2.17. The van der Waals surface area contributed by atoms with E-state index in [2.05, 4.69) is 10.2 Å². The molecule has 6 nitrogen and oxygen atoms in total. The second-order valence-corrected chi connectivity index (χ2v) is 8.70. The number of hydrazone groups is 2. The van der Waals surface area contributed by atoms with E-state index in [1.54, 1.807) is 18.0 Å². The van der Waals surface area contributed by atoms with E-state index in [1.165, 1.54) is 28.1 Å². The lowest BCUT2D eigenvalue weighted by atomic mass is 10.2. The van der Waals surface area contributed by atoms with E-state index in [1.807, 2.05) is 72.1 Å². The monoisotopic (exact) mass is 444 g/mol. The summed E-state index contributed by atoms with van der Waals surface area (Å²) in [6.07, 6.45) is 0. The molecule has 2 aromatic carbocycles. The summed E-state index contributed by atoms with van der Waals surface area (Å²) in [6, 6.07) is 22.4. The van der Waals surface area contributed by atoms with Gasteiger partial charge in [0.1, 0.15) is 5.03 Å². The van der Waals surface area contributed by atoms with Crippen molar-refractivity contribution in [2.24, 2.45) is 10.2 Å². The molecule has 3 aromatic rings. The molecule has 0 atom stereocenters. The third kappa shape index (κ3) is 3.49. The number of anilines is 2. The summed E-state index contributed by atoms with van der Waals surface area (Å²) in [6.45, 7) is 1.80. The molecule has 1 amide bonds. The maximum atomic E-state index is 13.4. The fourth-order valence-electron chi connectivity index (χ4n) is 3.29. The number of carbonyl (C=O) groups is 2. The topological polar surface area (TPSA) is 65.3 Å². The number of Topliss-reactive ketones (excluding diaryl/α,β-unsaturated/α-hetero) is 1. The molecule has 0 fully saturated rings. The Hall–Kier alpha value is -3.49. The Morgan fingerprint density at radius 2 is 1.48 bits per heavy atom. The van der Waals surface area contributed by atoms with Crippen molar-refractivity contribution in [2.45, 2.75) is 6.92 Å². The van der Waals surface area contributed by atoms with Crippen molar-refractivity contribution in [1.82, 2.24) is 0 Å². The molecule has 0 bridgehead atoms. The van der Waals surface area contributed by atoms with Gasteiger partial charge in [0.25, 0.3) is 5.91 Å². The third-order valence-corrected chi connectivity index (χ3v) is 6.65. The van der Waals surface area contributed by atoms with Gasteiger partial charge in [-0.05, 0) is 54.4 Å². The number of rotatable bonds is 4. The van der Waals surface area contributed by atoms with Gasteiger partial charge in [-0.15, -0.1) is 11.3 Å². The van der Waals surface area contributed by atoms with Crippen LogP contribution in [0.3, 0.4) is 0 Å². The molecule has 1 aromatic heterocycles. The van der Waals surface area contributed by atoms with Crippen LogP contribution in [-0.2, 0) is 4.79 Å². The molecule has 3 heterocycles. The summed E-state index contributed by atoms with van der Waals surface area (Å²) in [4.78, 5) is 27.0. The SMILES string of the molecule is CC1=NN(c2ccccc2)C(=O)C1=C1SC(C(=O)c2cccs2)=NN1c1ccccc1. The molecule has 0 N–H and O–H groups in total. The van der Waals surface area contributed by atoms with Gasteiger partial charge in [0.2, 0.25) is 5.78 Å². The Morgan fingerprint density at radius 1 is 0.839 bits per heavy atom. The van der Waals surface area contributed by atoms with E-state index in [-0.39, 0.29) is 11.7 Å². The Kier molecular flexibility index (Phi) is 5.01. The van der Waals surface area contributed by atoms with Crippen molar-refractivity contribution in [1.29, 1.82) is 0 Å². The van der Waals surface area contributed by atoms with Crippen LogP contribution in [-0.4, -0.2) is 22.4 Å². The van der Waals surface area contributed by atoms with E-state index in [0.717, 1.165) is 5.69 Å². The molecule has 0 saturated heterocycles. The van der Waals surface area contributed by atoms with Crippen molar-refractivity contribution in [3.63, 3.8) is 0 Å². The molecule has 8 heteroatoms. The normalized spacial score (nSPS) is 18.4. The van der Waals surface area contributed by atoms with Crippen LogP contribution in [0.4, 0.5) is 11.4 Å². The predicted molar refractivity (Wildman–Crippen MR) is 127 cm³/mol. The minimum Gasteiger partial charge on any atom is -0.285 e. The molecule has 0 unspecified atom stereocenters. The zero-order valence-corrected chi connectivity index (χ0v) is 18.1. The summed E-state index contributed by atoms with van der Waals surface area (Å²) < 4.78 is 0. The highest BCUT2D eigenvalue weighted by molar-refractivity contribution is 8.19. The second kappa shape index (κ2) is 7.98. The van der Waals surface area contributed by atoms with Crippen LogP contribution in [0.25, 0.3) is 0 Å². The zero-order valence-electron chi connectivity index (χ0n) is 16.4. The number of benzene rings is 2. The second-order valence-electron chi connectivity index (χ2n) is 6.78. The molecule has 0 radical (unpaired) electrons. The number of hydrogen-bond acceptors (Lipinski definition) is 7. The number of ketones is 1. The van der Waals surface area contributed by atoms with Crippen LogP contribution in [0.15, 0.2) is 99.0 Å². The maximum absolute atomic E-state index is 13.4. The first-order valence-corrected chi connectivity index (χ1v) is 11.2. The first-order valence-electron chi connectivity index (χ1n) is 9.52. The fourth-order valence-corrected chi connectivity index (χ4v) is 5.10. The third-order valence-electron chi connectivity index (χ3n) is 4.75. The van der Waals surface area contributed by atoms with Gasteiger partial charge in [-0.2, -0.15) is 15.2 Å². The summed E-state index contributed by atoms with van der Waals surface area (Å²) in [5.41, 5.74) is 2.48. The molecular weight excluding hydrogens is 428 g/mol. The average molecular weight is 445 g/mol. The molecule has 31 heavy (non-hydrogen) atoms. The molecule has 0 aliphatic carbocycles. The van der Waals surface area contributed by atoms with Gasteiger partial charge >= 0.3 is 0 Å². The molecule has 2 aliphatic heterocycles. The number of thioether (sulfide) groups is 1. The summed E-state index contributed by atoms with van der Waals surface area (Å²) >= 11 is 2.58. The highest BCUT2D eigenvalue weighted by Crippen LogP contribution is 2.40. The summed E-state index contributed by atoms with van der Waals surface area (Å²) in [5.74, 6) is -0.399. The molecular formula is C23H16N4O2S2. The van der Waals surface area contributed by atoms with Crippen LogP contribution in [0.5, 0.6) is 0 Å². The van der Waals surface area contributed by atoms with Crippen molar-refractivity contribution in [3.05, 3.63) is 93.7 Å². The number of carbonyl (C=O) groups excluding carboxylic acids is 2. The number of thiophene rings is 1. The number of hydrogen-bond donors (Lipinski definition) is 0. The quantitative estimate of drug-likeness (QED) is 0.413. The largest absolute Gasteiger partial charge is 0.285 e. The van der Waals surface area contributed by atoms with E-state index < -0.39 is 0 Å². The minimum atomic E-state index is -0.243. The van der Waals surface area contributed by atoms with Gasteiger partial charge in [-0.3, -0.25) is 9.59 Å². The summed E-state index contributed by atoms with van der Waals surface area (Å²) in [7, 11) is 0. The van der Waals surface area contributed by atoms with Crippen molar-refractivity contribution >= 4 is 56.9 Å². The smallest absolute Gasteiger partial charge is 0.283 e. The summed E-state index contributed by atoms with van der Waals surface area (Å²) in [5, 5.41) is 14.9. The average Bonchev–Trinajstić information content (AvgIpc) is 3.54. The molecule has 152 valence electrons. The lowest BCUT2D eigenvalue weighted by molar-refractivity contribution is -0.114. The number of para-hydroxylation sites is 2. The number of amides is 1. The molecule has 0 saturated carbocycles. The van der Waals surface area contributed by atoms with E-state index in [4.69, 9.17) is 0 Å². The zero-order chi connectivity index (χ0) is 21.4. The van der Waals surface area contributed by atoms with Gasteiger partial charge in [-0.25, -0.2) is 5.01 Å². The number of nitrogens with zero attached hydrogens (tertiary/aromatic N) is 4. The van der Waals surface area contributed by atoms with E-state index >= 15 is 0 Å². The van der Waals surface area contributed by atoms with Crippen LogP contribution >= 0.6 is 23.1 Å². The van der Waals surface area contributed by atoms with Crippen molar-refractivity contribution in [2.75, 3.05) is 10.0 Å². The van der Waals surface area contributed by atoms with Crippen molar-refractivity contribution in [3.8, 4) is 0 Å². The van der Waals surface area contributed by atoms with Gasteiger partial charge in [0.05, 0.1) is 27.5 Å². The van der Waals surface area contributed by atoms with Gasteiger partial charge in [-0.1, -0.05) is 42.5 Å². The van der Waals surface area contributed by atoms with E-state index in [0.29, 0.717) is 31.9 Å². The highest BCUT2D eigenvalue weighted by Gasteiger charge is 2.38. The van der Waals surface area contributed by atoms with Crippen LogP contribution < -0.4 is 10.0 Å². The molecule has 2 aliphatic rings. The van der Waals surface area contributed by atoms with Gasteiger partial charge in [0.15, 0.2) is 5.04 Å². The Morgan fingerprint density at radius 3 is 2.10 bits per heavy atom. The van der Waals surface area contributed by atoms with Gasteiger partial charge < -0.3 is 0 Å². The first kappa shape index (κ1) is 19.5. The van der Waals surface area contributed by atoms with E-state index in [9.17, 15) is 9.59 Å². The molecule has 0 spiro atoms. The Labute approximate surface area is 187 Å². The standard InChI is InChI=1S/C23H16N4O2S2/c1-15-19(22(29)26(24-15)16-9-4-2-5-10-16)23-27(17-11-6-3-7-12-17)25-21(31-23)20(28)18-13-8-14-30-18/h2-14H,1H3. The minimum absolute atomic E-state index is 0.156. The Bertz CT molecular complexity index is 1250. The van der Waals surface area contributed by atoms with Gasteiger partial charge in [0, 0.05) is 0 Å².